The number of carbonyl (C=O) groups excluding carboxylic acids is 2. The van der Waals surface area contributed by atoms with E-state index in [1.54, 1.807) is 0 Å². The fourth-order valence-electron chi connectivity index (χ4n) is 0.729. The van der Waals surface area contributed by atoms with Gasteiger partial charge in [-0.05, 0) is 6.42 Å². The van der Waals surface area contributed by atoms with Crippen LogP contribution < -0.4 is 10.6 Å². The first-order valence-electron chi connectivity index (χ1n) is 4.40. The van der Waals surface area contributed by atoms with E-state index in [2.05, 4.69) is 5.32 Å². The standard InChI is InChI=1S/C8H14F2N2O2/c1-2-4-11-6(13)3-5-12-8(14)7(9)10/h7H,2-5H2,1H3,(H,11,13)(H,12,14). The number of rotatable bonds is 6. The summed E-state index contributed by atoms with van der Waals surface area (Å²) in [5.41, 5.74) is 0. The van der Waals surface area contributed by atoms with Crippen LogP contribution in [0.2, 0.25) is 0 Å². The minimum atomic E-state index is -3.02. The second-order valence-electron chi connectivity index (χ2n) is 2.69. The van der Waals surface area contributed by atoms with Crippen molar-refractivity contribution in [2.45, 2.75) is 26.2 Å². The molecule has 6 heteroatoms. The van der Waals surface area contributed by atoms with Crippen molar-refractivity contribution < 1.29 is 18.4 Å². The minimum Gasteiger partial charge on any atom is -0.356 e. The van der Waals surface area contributed by atoms with Crippen LogP contribution in [-0.2, 0) is 9.59 Å². The summed E-state index contributed by atoms with van der Waals surface area (Å²) in [5, 5.41) is 4.50. The van der Waals surface area contributed by atoms with E-state index in [1.165, 1.54) is 0 Å². The lowest BCUT2D eigenvalue weighted by atomic mass is 10.3. The SMILES string of the molecule is CCCNC(=O)CCNC(=O)C(F)F. The van der Waals surface area contributed by atoms with Gasteiger partial charge in [0.2, 0.25) is 5.91 Å². The van der Waals surface area contributed by atoms with Crippen LogP contribution in [-0.4, -0.2) is 31.3 Å². The number of halogens is 2. The summed E-state index contributed by atoms with van der Waals surface area (Å²) in [4.78, 5) is 21.2. The van der Waals surface area contributed by atoms with Crippen molar-refractivity contribution in [1.29, 1.82) is 0 Å². The maximum absolute atomic E-state index is 11.6. The molecular weight excluding hydrogens is 194 g/mol. The lowest BCUT2D eigenvalue weighted by Crippen LogP contribution is -2.34. The summed E-state index contributed by atoms with van der Waals surface area (Å²) in [6.07, 6.45) is -2.18. The van der Waals surface area contributed by atoms with Gasteiger partial charge in [-0.25, -0.2) is 0 Å². The first-order chi connectivity index (χ1) is 6.57. The highest BCUT2D eigenvalue weighted by Gasteiger charge is 2.14. The molecule has 0 unspecified atom stereocenters. The normalized spacial score (nSPS) is 10.0. The maximum atomic E-state index is 11.6. The summed E-state index contributed by atoms with van der Waals surface area (Å²) in [6.45, 7) is 2.40. The van der Waals surface area contributed by atoms with Crippen molar-refractivity contribution in [3.05, 3.63) is 0 Å². The Morgan fingerprint density at radius 1 is 1.21 bits per heavy atom. The molecule has 0 fully saturated rings. The molecule has 0 bridgehead atoms. The molecule has 2 amide bonds. The third-order valence-electron chi connectivity index (χ3n) is 1.42. The van der Waals surface area contributed by atoms with E-state index in [9.17, 15) is 18.4 Å². The topological polar surface area (TPSA) is 58.2 Å². The molecule has 0 spiro atoms. The molecular formula is C8H14F2N2O2. The first-order valence-corrected chi connectivity index (χ1v) is 4.40. The van der Waals surface area contributed by atoms with Crippen LogP contribution in [0.3, 0.4) is 0 Å². The molecule has 0 aliphatic carbocycles. The Morgan fingerprint density at radius 3 is 2.36 bits per heavy atom. The van der Waals surface area contributed by atoms with Crippen LogP contribution in [0.1, 0.15) is 19.8 Å². The van der Waals surface area contributed by atoms with E-state index in [4.69, 9.17) is 0 Å². The first kappa shape index (κ1) is 12.8. The zero-order valence-electron chi connectivity index (χ0n) is 7.98. The highest BCUT2D eigenvalue weighted by molar-refractivity contribution is 5.80. The van der Waals surface area contributed by atoms with Gasteiger partial charge < -0.3 is 10.6 Å². The second-order valence-corrected chi connectivity index (χ2v) is 2.69. The van der Waals surface area contributed by atoms with Gasteiger partial charge in [0, 0.05) is 19.5 Å². The number of nitrogens with one attached hydrogen (secondary N) is 2. The predicted molar refractivity (Wildman–Crippen MR) is 46.9 cm³/mol. The highest BCUT2D eigenvalue weighted by atomic mass is 19.3. The van der Waals surface area contributed by atoms with Crippen LogP contribution in [0.5, 0.6) is 0 Å². The summed E-state index contributed by atoms with van der Waals surface area (Å²) < 4.78 is 23.3. The van der Waals surface area contributed by atoms with E-state index in [1.807, 2.05) is 12.2 Å². The molecule has 0 aromatic rings. The lowest BCUT2D eigenvalue weighted by molar-refractivity contribution is -0.131. The van der Waals surface area contributed by atoms with Crippen LogP contribution in [0.25, 0.3) is 0 Å². The van der Waals surface area contributed by atoms with E-state index in [-0.39, 0.29) is 18.9 Å². The molecule has 0 rings (SSSR count). The van der Waals surface area contributed by atoms with Crippen LogP contribution in [0.4, 0.5) is 8.78 Å². The van der Waals surface area contributed by atoms with Gasteiger partial charge in [-0.1, -0.05) is 6.92 Å². The van der Waals surface area contributed by atoms with Gasteiger partial charge >= 0.3 is 6.43 Å². The minimum absolute atomic E-state index is 0.0262. The molecule has 0 atom stereocenters. The largest absolute Gasteiger partial charge is 0.356 e. The number of alkyl halides is 2. The van der Waals surface area contributed by atoms with Crippen LogP contribution in [0, 0.1) is 0 Å². The predicted octanol–water partition coefficient (Wildman–Crippen LogP) is 0.284. The second kappa shape index (κ2) is 7.23. The van der Waals surface area contributed by atoms with Gasteiger partial charge in [-0.15, -0.1) is 0 Å². The molecule has 0 aromatic heterocycles. The van der Waals surface area contributed by atoms with Gasteiger partial charge in [0.25, 0.3) is 5.91 Å². The third kappa shape index (κ3) is 6.33. The smallest absolute Gasteiger partial charge is 0.315 e. The molecule has 4 nitrogen and oxygen atoms in total. The Hall–Kier alpha value is -1.20. The average molecular weight is 208 g/mol. The van der Waals surface area contributed by atoms with Gasteiger partial charge in [0.15, 0.2) is 0 Å². The van der Waals surface area contributed by atoms with Crippen LogP contribution in [0.15, 0.2) is 0 Å². The Bertz CT molecular complexity index is 198. The molecule has 0 heterocycles. The average Bonchev–Trinajstić information content (AvgIpc) is 2.14. The molecule has 0 aliphatic heterocycles. The van der Waals surface area contributed by atoms with Gasteiger partial charge in [-0.3, -0.25) is 9.59 Å². The van der Waals surface area contributed by atoms with E-state index < -0.39 is 12.3 Å². The molecule has 82 valence electrons. The van der Waals surface area contributed by atoms with Crippen molar-refractivity contribution in [1.82, 2.24) is 10.6 Å². The molecule has 0 aromatic carbocycles. The number of hydrogen-bond donors (Lipinski definition) is 2. The number of carbonyl (C=O) groups is 2. The quantitative estimate of drug-likeness (QED) is 0.659. The molecule has 0 saturated heterocycles. The molecule has 0 aliphatic rings. The Balaban J connectivity index is 3.44. The highest BCUT2D eigenvalue weighted by Crippen LogP contribution is 1.90. The summed E-state index contributed by atoms with van der Waals surface area (Å²) >= 11 is 0. The van der Waals surface area contributed by atoms with Crippen LogP contribution >= 0.6 is 0 Å². The number of amides is 2. The monoisotopic (exact) mass is 208 g/mol. The van der Waals surface area contributed by atoms with Gasteiger partial charge in [0.1, 0.15) is 0 Å². The fourth-order valence-corrected chi connectivity index (χ4v) is 0.729. The van der Waals surface area contributed by atoms with Crippen molar-refractivity contribution >= 4 is 11.8 Å². The molecule has 0 saturated carbocycles. The van der Waals surface area contributed by atoms with Crippen molar-refractivity contribution in [3.8, 4) is 0 Å². The Morgan fingerprint density at radius 2 is 1.86 bits per heavy atom. The zero-order valence-corrected chi connectivity index (χ0v) is 7.98. The molecule has 14 heavy (non-hydrogen) atoms. The lowest BCUT2D eigenvalue weighted by Gasteiger charge is -2.04. The Labute approximate surface area is 81.0 Å². The fraction of sp³-hybridized carbons (Fsp3) is 0.750. The maximum Gasteiger partial charge on any atom is 0.315 e. The summed E-state index contributed by atoms with van der Waals surface area (Å²) in [7, 11) is 0. The Kier molecular flexibility index (Phi) is 6.61. The summed E-state index contributed by atoms with van der Waals surface area (Å²) in [6, 6.07) is 0. The van der Waals surface area contributed by atoms with Gasteiger partial charge in [-0.2, -0.15) is 8.78 Å². The number of hydrogen-bond acceptors (Lipinski definition) is 2. The van der Waals surface area contributed by atoms with Gasteiger partial charge in [0.05, 0.1) is 0 Å². The summed E-state index contributed by atoms with van der Waals surface area (Å²) in [5.74, 6) is -1.59. The zero-order chi connectivity index (χ0) is 11.0. The van der Waals surface area contributed by atoms with Crippen molar-refractivity contribution in [3.63, 3.8) is 0 Å². The van der Waals surface area contributed by atoms with E-state index >= 15 is 0 Å². The van der Waals surface area contributed by atoms with E-state index in [0.29, 0.717) is 6.54 Å². The molecule has 0 radical (unpaired) electrons. The molecule has 2 N–H and O–H groups in total. The van der Waals surface area contributed by atoms with E-state index in [0.717, 1.165) is 6.42 Å². The third-order valence-corrected chi connectivity index (χ3v) is 1.42. The van der Waals surface area contributed by atoms with Crippen molar-refractivity contribution in [2.75, 3.05) is 13.1 Å². The van der Waals surface area contributed by atoms with Crippen molar-refractivity contribution in [2.24, 2.45) is 0 Å².